The summed E-state index contributed by atoms with van der Waals surface area (Å²) in [4.78, 5) is 13.4. The van der Waals surface area contributed by atoms with Gasteiger partial charge in [-0.25, -0.2) is 4.79 Å². The summed E-state index contributed by atoms with van der Waals surface area (Å²) in [5.74, 6) is -0.565. The van der Waals surface area contributed by atoms with Crippen LogP contribution in [0.15, 0.2) is 12.7 Å². The van der Waals surface area contributed by atoms with E-state index in [1.807, 2.05) is 0 Å². The standard InChI is InChI=1S/C9H15NO5Si/c1-2-9(11)15-16-12-6-3-10(4-7-13-16)5-8-14-16/h2H,1,3-8H2. The number of hydrogen-bond acceptors (Lipinski definition) is 6. The monoisotopic (exact) mass is 245 g/mol. The van der Waals surface area contributed by atoms with Crippen LogP contribution in [0.4, 0.5) is 0 Å². The predicted molar refractivity (Wildman–Crippen MR) is 56.3 cm³/mol. The molecule has 0 saturated carbocycles. The molecule has 3 aliphatic heterocycles. The molecule has 0 radical (unpaired) electrons. The smallest absolute Gasteiger partial charge is 0.449 e. The zero-order chi connectivity index (χ0) is 11.4. The van der Waals surface area contributed by atoms with Crippen molar-refractivity contribution in [3.05, 3.63) is 12.7 Å². The Morgan fingerprint density at radius 2 is 1.69 bits per heavy atom. The van der Waals surface area contributed by atoms with Gasteiger partial charge in [0.15, 0.2) is 0 Å². The van der Waals surface area contributed by atoms with E-state index in [-0.39, 0.29) is 0 Å². The van der Waals surface area contributed by atoms with Gasteiger partial charge in [0.05, 0.1) is 19.8 Å². The number of carbonyl (C=O) groups is 1. The van der Waals surface area contributed by atoms with E-state index in [2.05, 4.69) is 11.5 Å². The first-order valence-electron chi connectivity index (χ1n) is 5.24. The summed E-state index contributed by atoms with van der Waals surface area (Å²) in [6.07, 6.45) is 1.08. The van der Waals surface area contributed by atoms with Gasteiger partial charge < -0.3 is 17.7 Å². The third-order valence-corrected chi connectivity index (χ3v) is 4.58. The Labute approximate surface area is 95.2 Å². The van der Waals surface area contributed by atoms with Crippen LogP contribution < -0.4 is 0 Å². The molecule has 6 nitrogen and oxygen atoms in total. The molecule has 0 atom stereocenters. The Bertz CT molecular complexity index is 259. The molecule has 0 aliphatic carbocycles. The van der Waals surface area contributed by atoms with Gasteiger partial charge in [-0.15, -0.1) is 0 Å². The Morgan fingerprint density at radius 3 is 2.12 bits per heavy atom. The minimum Gasteiger partial charge on any atom is -0.449 e. The SMILES string of the molecule is C=CC(=O)O[Si]12OCCN(CCO1)CCO2. The maximum absolute atomic E-state index is 11.2. The maximum atomic E-state index is 11.2. The highest BCUT2D eigenvalue weighted by molar-refractivity contribution is 6.55. The van der Waals surface area contributed by atoms with E-state index in [0.29, 0.717) is 19.8 Å². The van der Waals surface area contributed by atoms with Crippen molar-refractivity contribution < 1.29 is 22.5 Å². The van der Waals surface area contributed by atoms with Crippen LogP contribution in [0.1, 0.15) is 0 Å². The molecule has 2 bridgehead atoms. The quantitative estimate of drug-likeness (QED) is 0.484. The van der Waals surface area contributed by atoms with E-state index in [1.54, 1.807) is 0 Å². The molecule has 3 fully saturated rings. The van der Waals surface area contributed by atoms with Crippen LogP contribution in [-0.2, 0) is 22.5 Å². The molecular formula is C9H15NO5Si. The molecule has 3 rings (SSSR count). The van der Waals surface area contributed by atoms with Crippen molar-refractivity contribution >= 4 is 15.0 Å². The zero-order valence-corrected chi connectivity index (χ0v) is 10.0. The van der Waals surface area contributed by atoms with Gasteiger partial charge in [-0.3, -0.25) is 4.90 Å². The van der Waals surface area contributed by atoms with E-state index in [9.17, 15) is 4.79 Å². The molecule has 0 aromatic rings. The van der Waals surface area contributed by atoms with E-state index in [0.717, 1.165) is 25.7 Å². The fourth-order valence-corrected chi connectivity index (χ4v) is 3.39. The van der Waals surface area contributed by atoms with Gasteiger partial charge in [0, 0.05) is 25.7 Å². The van der Waals surface area contributed by atoms with Crippen LogP contribution in [0.2, 0.25) is 0 Å². The summed E-state index contributed by atoms with van der Waals surface area (Å²) in [5.41, 5.74) is 0. The van der Waals surface area contributed by atoms with Crippen LogP contribution in [0.5, 0.6) is 0 Å². The average molecular weight is 245 g/mol. The highest BCUT2D eigenvalue weighted by Crippen LogP contribution is 2.17. The molecule has 0 aromatic heterocycles. The molecule has 3 heterocycles. The summed E-state index contributed by atoms with van der Waals surface area (Å²) >= 11 is 0. The number of nitrogens with zero attached hydrogens (tertiary/aromatic N) is 1. The number of rotatable bonds is 2. The lowest BCUT2D eigenvalue weighted by atomic mass is 10.4. The van der Waals surface area contributed by atoms with Crippen LogP contribution in [0.3, 0.4) is 0 Å². The van der Waals surface area contributed by atoms with Gasteiger partial charge in [-0.05, 0) is 0 Å². The molecule has 0 spiro atoms. The van der Waals surface area contributed by atoms with E-state index in [1.165, 1.54) is 0 Å². The Morgan fingerprint density at radius 1 is 1.19 bits per heavy atom. The van der Waals surface area contributed by atoms with Crippen molar-refractivity contribution in [2.24, 2.45) is 0 Å². The first-order valence-corrected chi connectivity index (χ1v) is 6.87. The molecule has 0 unspecified atom stereocenters. The normalized spacial score (nSPS) is 34.6. The minimum absolute atomic E-state index is 0.455. The van der Waals surface area contributed by atoms with E-state index < -0.39 is 15.0 Å². The number of fused-ring (bicyclic) bond motifs is 6. The Balaban J connectivity index is 2.08. The second-order valence-corrected chi connectivity index (χ2v) is 5.58. The van der Waals surface area contributed by atoms with E-state index in [4.69, 9.17) is 17.7 Å². The fraction of sp³-hybridized carbons (Fsp3) is 0.667. The molecule has 0 amide bonds. The highest BCUT2D eigenvalue weighted by Gasteiger charge is 2.51. The maximum Gasteiger partial charge on any atom is 0.752 e. The van der Waals surface area contributed by atoms with Crippen molar-refractivity contribution in [3.8, 4) is 0 Å². The minimum atomic E-state index is -3.26. The third kappa shape index (κ3) is 2.69. The van der Waals surface area contributed by atoms with Gasteiger partial charge >= 0.3 is 15.0 Å². The van der Waals surface area contributed by atoms with Crippen molar-refractivity contribution in [1.29, 1.82) is 0 Å². The molecule has 90 valence electrons. The summed E-state index contributed by atoms with van der Waals surface area (Å²) < 4.78 is 21.6. The lowest BCUT2D eigenvalue weighted by Gasteiger charge is -2.35. The predicted octanol–water partition coefficient (Wildman–Crippen LogP) is -0.470. The Kier molecular flexibility index (Phi) is 3.72. The van der Waals surface area contributed by atoms with Gasteiger partial charge in [0.25, 0.3) is 0 Å². The molecule has 3 aliphatic rings. The fourth-order valence-electron chi connectivity index (χ4n) is 1.61. The summed E-state index contributed by atoms with van der Waals surface area (Å²) in [7, 11) is -3.26. The first kappa shape index (κ1) is 11.7. The summed E-state index contributed by atoms with van der Waals surface area (Å²) in [5, 5.41) is 0. The Hall–Kier alpha value is -0.733. The van der Waals surface area contributed by atoms with Crippen LogP contribution >= 0.6 is 0 Å². The lowest BCUT2D eigenvalue weighted by Crippen LogP contribution is -2.57. The van der Waals surface area contributed by atoms with Crippen LogP contribution in [0, 0.1) is 0 Å². The van der Waals surface area contributed by atoms with Crippen molar-refractivity contribution in [3.63, 3.8) is 0 Å². The third-order valence-electron chi connectivity index (χ3n) is 2.45. The van der Waals surface area contributed by atoms with Gasteiger partial charge in [0.1, 0.15) is 0 Å². The van der Waals surface area contributed by atoms with Gasteiger partial charge in [-0.2, -0.15) is 0 Å². The van der Waals surface area contributed by atoms with Crippen molar-refractivity contribution in [2.75, 3.05) is 39.5 Å². The topological polar surface area (TPSA) is 57.2 Å². The lowest BCUT2D eigenvalue weighted by molar-refractivity contribution is -0.142. The molecule has 0 N–H and O–H groups in total. The van der Waals surface area contributed by atoms with Gasteiger partial charge in [0.2, 0.25) is 0 Å². The van der Waals surface area contributed by atoms with Crippen molar-refractivity contribution in [1.82, 2.24) is 4.90 Å². The molecule has 7 heteroatoms. The molecule has 16 heavy (non-hydrogen) atoms. The number of hydrogen-bond donors (Lipinski definition) is 0. The molecular weight excluding hydrogens is 230 g/mol. The molecule has 3 saturated heterocycles. The molecule has 0 aromatic carbocycles. The summed E-state index contributed by atoms with van der Waals surface area (Å²) in [6.45, 7) is 7.14. The zero-order valence-electron chi connectivity index (χ0n) is 9.02. The largest absolute Gasteiger partial charge is 0.752 e. The summed E-state index contributed by atoms with van der Waals surface area (Å²) in [6, 6.07) is 0. The van der Waals surface area contributed by atoms with E-state index >= 15 is 0 Å². The van der Waals surface area contributed by atoms with Crippen LogP contribution in [0.25, 0.3) is 0 Å². The van der Waals surface area contributed by atoms with Crippen molar-refractivity contribution in [2.45, 2.75) is 0 Å². The second-order valence-electron chi connectivity index (χ2n) is 3.51. The van der Waals surface area contributed by atoms with Crippen LogP contribution in [-0.4, -0.2) is 59.4 Å². The average Bonchev–Trinajstić information content (AvgIpc) is 2.19. The second kappa shape index (κ2) is 5.06. The number of carbonyl (C=O) groups excluding carboxylic acids is 1. The highest BCUT2D eigenvalue weighted by atomic mass is 28.4. The van der Waals surface area contributed by atoms with Gasteiger partial charge in [-0.1, -0.05) is 6.58 Å². The first-order chi connectivity index (χ1) is 7.74.